The van der Waals surface area contributed by atoms with Crippen molar-refractivity contribution in [3.05, 3.63) is 75.7 Å². The van der Waals surface area contributed by atoms with Crippen LogP contribution in [0.3, 0.4) is 0 Å². The Morgan fingerprint density at radius 2 is 1.86 bits per heavy atom. The first kappa shape index (κ1) is 46.2. The molecule has 17 heteroatoms. The van der Waals surface area contributed by atoms with Crippen molar-refractivity contribution < 1.29 is 62.2 Å². The number of aromatic hydroxyl groups is 1. The second kappa shape index (κ2) is 18.5. The Hall–Kier alpha value is -6.29. The van der Waals surface area contributed by atoms with Gasteiger partial charge in [0, 0.05) is 75.0 Å². The average molecular weight is 908 g/mol. The number of carbonyl (C=O) groups excluding carboxylic acids is 3. The molecular weight excluding hydrogens is 855 g/mol. The molecule has 17 nitrogen and oxygen atoms in total. The quantitative estimate of drug-likeness (QED) is 0.0755. The summed E-state index contributed by atoms with van der Waals surface area (Å²) in [6.07, 6.45) is 8.69. The highest BCUT2D eigenvalue weighted by Crippen LogP contribution is 2.48. The lowest BCUT2D eigenvalue weighted by molar-refractivity contribution is -0.165. The zero-order valence-electron chi connectivity index (χ0n) is 37.7. The number of phenolic OH excluding ortho intramolecular Hbond substituents is 1. The van der Waals surface area contributed by atoms with E-state index in [1.54, 1.807) is 43.4 Å². The number of fused-ring (bicyclic) bond motifs is 9. The Kier molecular flexibility index (Phi) is 13.0. The number of methoxy groups -OCH3 is 1. The molecule has 5 aliphatic rings. The number of phenols is 1. The standard InChI is InChI=1S/C49H53N3O14/c1-9-30-32(59-8)15-19-62-49(7)47(57)36-34-35(39(54)26(4)43(36)66-49)41(56)38(45-37(34)50-31-14-13-29(23-33(31)64-45)61-22-18-52-16-20-60-21-17-52)51-48(58)25(3)12-10-11-24(2)42-27(5)40(55)46(65-42)44(30)63-28(6)53/h1,10-15,19,23-24,27,30,32,40,42,44,46,55-56H,16-18,20-22H2,2-8H3,(H,51,58)/b11-10+,19-15+,25-12-/t24-,27-,30+,32-,40+,42-,44+,46+,49-/m0/s1. The van der Waals surface area contributed by atoms with E-state index < -0.39 is 77.0 Å². The number of morpholine rings is 1. The molecule has 0 radical (unpaired) electrons. The molecular formula is C49H53N3O14. The van der Waals surface area contributed by atoms with E-state index in [0.717, 1.165) is 19.4 Å². The van der Waals surface area contributed by atoms with Crippen molar-refractivity contribution in [1.82, 2.24) is 9.88 Å². The minimum absolute atomic E-state index is 0.0235. The number of aliphatic hydroxyl groups excluding tert-OH is 1. The summed E-state index contributed by atoms with van der Waals surface area (Å²) >= 11 is 0. The third-order valence-electron chi connectivity index (χ3n) is 12.8. The van der Waals surface area contributed by atoms with Gasteiger partial charge < -0.3 is 53.1 Å². The van der Waals surface area contributed by atoms with Gasteiger partial charge in [0.05, 0.1) is 54.7 Å². The SMILES string of the molecule is C#C[C@H]1[C@@H](OC(C)=O)[C@@H]2O[C@H]([C@@H](C)[C@H]2O)[C@@H](C)/C=C/C=C(/C)C(=O)Nc2c(O)c3c(=O)c(C)c4c(c3c3nc5ccc(OCCN6CCOCC6)cc5oc23)C(=O)[C@@](C)(O/C=C/[C@@H]1OC)O4. The molecule has 348 valence electrons. The number of amides is 1. The summed E-state index contributed by atoms with van der Waals surface area (Å²) < 4.78 is 48.3. The van der Waals surface area contributed by atoms with Crippen LogP contribution >= 0.6 is 0 Å². The van der Waals surface area contributed by atoms with Gasteiger partial charge in [-0.15, -0.1) is 6.42 Å². The topological polar surface area (TPSA) is 215 Å². The minimum atomic E-state index is -2.09. The molecule has 5 aliphatic heterocycles. The van der Waals surface area contributed by atoms with Crippen LogP contribution in [0.25, 0.3) is 33.0 Å². The van der Waals surface area contributed by atoms with Crippen LogP contribution in [0.5, 0.6) is 17.2 Å². The number of rotatable bonds is 6. The van der Waals surface area contributed by atoms with Gasteiger partial charge >= 0.3 is 11.8 Å². The number of ether oxygens (including phenoxy) is 7. The summed E-state index contributed by atoms with van der Waals surface area (Å²) in [5, 5.41) is 26.0. The second-order valence-corrected chi connectivity index (χ2v) is 17.2. The van der Waals surface area contributed by atoms with Gasteiger partial charge in [-0.2, -0.15) is 0 Å². The molecule has 6 heterocycles. The Morgan fingerprint density at radius 1 is 1.11 bits per heavy atom. The van der Waals surface area contributed by atoms with Crippen LogP contribution in [-0.2, 0) is 33.3 Å². The van der Waals surface area contributed by atoms with Crippen molar-refractivity contribution >= 4 is 56.3 Å². The normalized spacial score (nSPS) is 30.1. The van der Waals surface area contributed by atoms with E-state index >= 15 is 0 Å². The summed E-state index contributed by atoms with van der Waals surface area (Å²) in [6.45, 7) is 13.2. The molecule has 66 heavy (non-hydrogen) atoms. The number of carbonyl (C=O) groups is 3. The fourth-order valence-electron chi connectivity index (χ4n) is 9.11. The number of benzene rings is 3. The first-order chi connectivity index (χ1) is 31.6. The van der Waals surface area contributed by atoms with Crippen LogP contribution in [0.1, 0.15) is 50.5 Å². The molecule has 1 amide bonds. The monoisotopic (exact) mass is 907 g/mol. The number of nitrogens with one attached hydrogen (secondary N) is 1. The van der Waals surface area contributed by atoms with Crippen molar-refractivity contribution in [3.8, 4) is 29.6 Å². The molecule has 4 aromatic rings. The fraction of sp³-hybridized carbons (Fsp3) is 0.449. The van der Waals surface area contributed by atoms with Gasteiger partial charge in [-0.05, 0) is 32.1 Å². The van der Waals surface area contributed by atoms with E-state index in [-0.39, 0.29) is 61.5 Å². The average Bonchev–Trinajstić information content (AvgIpc) is 3.74. The zero-order chi connectivity index (χ0) is 47.2. The maximum absolute atomic E-state index is 14.8. The molecule has 2 saturated heterocycles. The van der Waals surface area contributed by atoms with Gasteiger partial charge in [-0.25, -0.2) is 4.98 Å². The first-order valence-corrected chi connectivity index (χ1v) is 21.8. The Labute approximate surface area is 380 Å². The Bertz CT molecular complexity index is 2800. The number of hydrogen-bond donors (Lipinski definition) is 3. The number of esters is 1. The molecule has 0 saturated carbocycles. The molecule has 3 N–H and O–H groups in total. The number of Topliss-reactive ketones (excluding diaryl/α,β-unsaturated/α-hetero) is 1. The van der Waals surface area contributed by atoms with Gasteiger partial charge in [0.2, 0.25) is 0 Å². The Balaban J connectivity index is 1.28. The van der Waals surface area contributed by atoms with Gasteiger partial charge in [0.1, 0.15) is 47.0 Å². The number of anilines is 1. The number of aliphatic hydroxyl groups is 1. The smallest absolute Gasteiger partial charge is 0.312 e. The van der Waals surface area contributed by atoms with Crippen molar-refractivity contribution in [2.75, 3.05) is 51.9 Å². The summed E-state index contributed by atoms with van der Waals surface area (Å²) in [4.78, 5) is 62.8. The van der Waals surface area contributed by atoms with Crippen molar-refractivity contribution in [1.29, 1.82) is 0 Å². The van der Waals surface area contributed by atoms with Crippen LogP contribution in [0.2, 0.25) is 0 Å². The highest BCUT2D eigenvalue weighted by atomic mass is 16.7. The summed E-state index contributed by atoms with van der Waals surface area (Å²) in [6, 6.07) is 5.02. The lowest BCUT2D eigenvalue weighted by Gasteiger charge is -2.32. The van der Waals surface area contributed by atoms with Gasteiger partial charge in [-0.1, -0.05) is 38.0 Å². The van der Waals surface area contributed by atoms with E-state index in [1.807, 2.05) is 13.8 Å². The highest BCUT2D eigenvalue weighted by Gasteiger charge is 2.52. The second-order valence-electron chi connectivity index (χ2n) is 17.2. The third-order valence-corrected chi connectivity index (χ3v) is 12.8. The highest BCUT2D eigenvalue weighted by molar-refractivity contribution is 6.26. The van der Waals surface area contributed by atoms with E-state index in [4.69, 9.17) is 49.0 Å². The Morgan fingerprint density at radius 3 is 2.58 bits per heavy atom. The molecule has 3 aromatic carbocycles. The third kappa shape index (κ3) is 8.39. The van der Waals surface area contributed by atoms with Gasteiger partial charge in [-0.3, -0.25) is 24.1 Å². The van der Waals surface area contributed by atoms with E-state index in [0.29, 0.717) is 37.6 Å². The van der Waals surface area contributed by atoms with Crippen LogP contribution < -0.4 is 20.2 Å². The first-order valence-electron chi connectivity index (χ1n) is 21.8. The summed E-state index contributed by atoms with van der Waals surface area (Å²) in [5.41, 5.74) is -0.527. The van der Waals surface area contributed by atoms with Crippen LogP contribution in [0.4, 0.5) is 5.69 Å². The summed E-state index contributed by atoms with van der Waals surface area (Å²) in [7, 11) is 1.38. The number of hydrogen-bond acceptors (Lipinski definition) is 16. The molecule has 0 spiro atoms. The lowest BCUT2D eigenvalue weighted by Crippen LogP contribution is -2.47. The van der Waals surface area contributed by atoms with E-state index in [2.05, 4.69) is 16.1 Å². The minimum Gasteiger partial charge on any atom is -0.505 e. The van der Waals surface area contributed by atoms with Crippen LogP contribution in [0, 0.1) is 37.0 Å². The summed E-state index contributed by atoms with van der Waals surface area (Å²) in [5.74, 6) is -3.64. The number of terminal acetylenes is 1. The predicted molar refractivity (Wildman–Crippen MR) is 241 cm³/mol. The lowest BCUT2D eigenvalue weighted by atomic mass is 9.85. The molecule has 9 atom stereocenters. The maximum atomic E-state index is 14.8. The number of ketones is 1. The fourth-order valence-corrected chi connectivity index (χ4v) is 9.11. The van der Waals surface area contributed by atoms with Crippen LogP contribution in [0.15, 0.2) is 63.6 Å². The number of nitrogens with zero attached hydrogens (tertiary/aromatic N) is 2. The molecule has 0 unspecified atom stereocenters. The van der Waals surface area contributed by atoms with Crippen LogP contribution in [-0.4, -0.2) is 121 Å². The molecule has 0 aliphatic carbocycles. The molecule has 1 aromatic heterocycles. The van der Waals surface area contributed by atoms with Crippen molar-refractivity contribution in [2.45, 2.75) is 77.8 Å². The number of allylic oxidation sites excluding steroid dienone is 2. The van der Waals surface area contributed by atoms with E-state index in [1.165, 1.54) is 34.0 Å². The number of aromatic nitrogens is 1. The largest absolute Gasteiger partial charge is 0.505 e. The van der Waals surface area contributed by atoms with Crippen molar-refractivity contribution in [3.63, 3.8) is 0 Å². The van der Waals surface area contributed by atoms with E-state index in [9.17, 15) is 29.4 Å². The molecule has 9 rings (SSSR count). The van der Waals surface area contributed by atoms with Crippen molar-refractivity contribution in [2.24, 2.45) is 17.8 Å². The van der Waals surface area contributed by atoms with Gasteiger partial charge in [0.15, 0.2) is 22.3 Å². The zero-order valence-corrected chi connectivity index (χ0v) is 37.7. The molecule has 7 bridgehead atoms. The van der Waals surface area contributed by atoms with Gasteiger partial charge in [0.25, 0.3) is 11.7 Å². The molecule has 2 fully saturated rings. The predicted octanol–water partition coefficient (Wildman–Crippen LogP) is 5.09. The maximum Gasteiger partial charge on any atom is 0.312 e.